The first-order valence-corrected chi connectivity index (χ1v) is 5.52. The van der Waals surface area contributed by atoms with Crippen molar-refractivity contribution in [3.8, 4) is 0 Å². The third kappa shape index (κ3) is 2.01. The van der Waals surface area contributed by atoms with Gasteiger partial charge in [-0.2, -0.15) is 0 Å². The smallest absolute Gasteiger partial charge is 0.129 e. The molecule has 0 unspecified atom stereocenters. The Hall–Kier alpha value is -0.760. The maximum absolute atomic E-state index is 5.83. The molecule has 1 aromatic heterocycles. The van der Waals surface area contributed by atoms with Gasteiger partial charge in [-0.25, -0.2) is 4.98 Å². The second-order valence-electron chi connectivity index (χ2n) is 3.84. The van der Waals surface area contributed by atoms with Crippen molar-refractivity contribution in [2.24, 2.45) is 0 Å². The van der Waals surface area contributed by atoms with Crippen molar-refractivity contribution in [3.63, 3.8) is 0 Å². The van der Waals surface area contributed by atoms with Crippen LogP contribution < -0.4 is 4.90 Å². The van der Waals surface area contributed by atoms with E-state index in [2.05, 4.69) is 16.8 Å². The number of rotatable bonds is 1. The monoisotopic (exact) mass is 210 g/mol. The molecular formula is C11H15ClN2. The van der Waals surface area contributed by atoms with Gasteiger partial charge < -0.3 is 4.90 Å². The summed E-state index contributed by atoms with van der Waals surface area (Å²) in [6.07, 6.45) is 5.84. The molecule has 1 aliphatic rings. The van der Waals surface area contributed by atoms with E-state index < -0.39 is 0 Å². The first-order chi connectivity index (χ1) is 6.77. The lowest BCUT2D eigenvalue weighted by molar-refractivity contribution is 0.576. The maximum atomic E-state index is 5.83. The highest BCUT2D eigenvalue weighted by atomic mass is 35.5. The van der Waals surface area contributed by atoms with Crippen molar-refractivity contribution < 1.29 is 0 Å². The molecule has 2 heterocycles. The number of piperidine rings is 1. The van der Waals surface area contributed by atoms with Crippen LogP contribution in [0.25, 0.3) is 0 Å². The molecule has 0 atom stereocenters. The highest BCUT2D eigenvalue weighted by Gasteiger charge is 2.13. The van der Waals surface area contributed by atoms with Crippen molar-refractivity contribution in [1.29, 1.82) is 0 Å². The van der Waals surface area contributed by atoms with Gasteiger partial charge in [-0.3, -0.25) is 0 Å². The fourth-order valence-corrected chi connectivity index (χ4v) is 2.19. The third-order valence-electron chi connectivity index (χ3n) is 2.75. The Morgan fingerprint density at radius 1 is 1.29 bits per heavy atom. The first-order valence-electron chi connectivity index (χ1n) is 5.14. The van der Waals surface area contributed by atoms with Gasteiger partial charge in [-0.05, 0) is 37.8 Å². The molecule has 76 valence electrons. The minimum atomic E-state index is 0.586. The van der Waals surface area contributed by atoms with E-state index in [1.54, 1.807) is 0 Å². The summed E-state index contributed by atoms with van der Waals surface area (Å²) in [5, 5.41) is 0.586. The molecule has 0 bridgehead atoms. The molecule has 1 fully saturated rings. The normalized spacial score (nSPS) is 17.1. The van der Waals surface area contributed by atoms with Crippen LogP contribution in [-0.2, 0) is 0 Å². The minimum Gasteiger partial charge on any atom is -0.370 e. The minimum absolute atomic E-state index is 0.586. The largest absolute Gasteiger partial charge is 0.370 e. The lowest BCUT2D eigenvalue weighted by Gasteiger charge is -2.29. The van der Waals surface area contributed by atoms with Crippen LogP contribution in [0.3, 0.4) is 0 Å². The van der Waals surface area contributed by atoms with Crippen LogP contribution in [0.2, 0.25) is 5.15 Å². The van der Waals surface area contributed by atoms with Crippen molar-refractivity contribution in [2.75, 3.05) is 18.0 Å². The summed E-state index contributed by atoms with van der Waals surface area (Å²) in [6, 6.07) is 1.94. The topological polar surface area (TPSA) is 16.1 Å². The number of anilines is 1. The van der Waals surface area contributed by atoms with Gasteiger partial charge in [0.05, 0.1) is 11.9 Å². The van der Waals surface area contributed by atoms with Gasteiger partial charge in [0.1, 0.15) is 5.15 Å². The van der Waals surface area contributed by atoms with Crippen LogP contribution >= 0.6 is 11.6 Å². The van der Waals surface area contributed by atoms with Crippen molar-refractivity contribution >= 4 is 17.3 Å². The molecule has 0 N–H and O–H groups in total. The Balaban J connectivity index is 2.22. The number of aromatic nitrogens is 1. The Morgan fingerprint density at radius 3 is 2.64 bits per heavy atom. The predicted octanol–water partition coefficient (Wildman–Crippen LogP) is 3.03. The van der Waals surface area contributed by atoms with Crippen molar-refractivity contribution in [3.05, 3.63) is 23.0 Å². The molecule has 0 spiro atoms. The van der Waals surface area contributed by atoms with Gasteiger partial charge in [-0.1, -0.05) is 11.6 Å². The van der Waals surface area contributed by atoms with Gasteiger partial charge in [0.15, 0.2) is 0 Å². The van der Waals surface area contributed by atoms with E-state index in [9.17, 15) is 0 Å². The summed E-state index contributed by atoms with van der Waals surface area (Å²) in [4.78, 5) is 6.54. The number of hydrogen-bond acceptors (Lipinski definition) is 2. The SMILES string of the molecule is Cc1cc(Cl)ncc1N1CCCCC1. The highest BCUT2D eigenvalue weighted by molar-refractivity contribution is 6.29. The second kappa shape index (κ2) is 4.18. The van der Waals surface area contributed by atoms with Crippen LogP contribution in [-0.4, -0.2) is 18.1 Å². The van der Waals surface area contributed by atoms with Gasteiger partial charge in [0, 0.05) is 13.1 Å². The second-order valence-corrected chi connectivity index (χ2v) is 4.23. The quantitative estimate of drug-likeness (QED) is 0.663. The summed E-state index contributed by atoms with van der Waals surface area (Å²) in [5.41, 5.74) is 2.47. The van der Waals surface area contributed by atoms with Gasteiger partial charge in [0.2, 0.25) is 0 Å². The summed E-state index contributed by atoms with van der Waals surface area (Å²) in [6.45, 7) is 4.41. The van der Waals surface area contributed by atoms with E-state index in [0.29, 0.717) is 5.15 Å². The molecular weight excluding hydrogens is 196 g/mol. The lowest BCUT2D eigenvalue weighted by atomic mass is 10.1. The summed E-state index contributed by atoms with van der Waals surface area (Å²) < 4.78 is 0. The van der Waals surface area contributed by atoms with Crippen molar-refractivity contribution in [2.45, 2.75) is 26.2 Å². The summed E-state index contributed by atoms with van der Waals surface area (Å²) in [5.74, 6) is 0. The van der Waals surface area contributed by atoms with E-state index >= 15 is 0 Å². The summed E-state index contributed by atoms with van der Waals surface area (Å²) >= 11 is 5.83. The average molecular weight is 211 g/mol. The zero-order valence-electron chi connectivity index (χ0n) is 8.46. The molecule has 1 aliphatic heterocycles. The van der Waals surface area contributed by atoms with Crippen LogP contribution in [0.1, 0.15) is 24.8 Å². The first kappa shape index (κ1) is 9.78. The molecule has 0 radical (unpaired) electrons. The van der Waals surface area contributed by atoms with Crippen LogP contribution in [0.5, 0.6) is 0 Å². The number of halogens is 1. The molecule has 1 saturated heterocycles. The van der Waals surface area contributed by atoms with Crippen LogP contribution in [0.4, 0.5) is 5.69 Å². The molecule has 2 nitrogen and oxygen atoms in total. The molecule has 14 heavy (non-hydrogen) atoms. The lowest BCUT2D eigenvalue weighted by Crippen LogP contribution is -2.30. The fourth-order valence-electron chi connectivity index (χ4n) is 1.98. The number of nitrogens with zero attached hydrogens (tertiary/aromatic N) is 2. The molecule has 1 aromatic rings. The number of pyridine rings is 1. The van der Waals surface area contributed by atoms with Gasteiger partial charge in [0.25, 0.3) is 0 Å². The predicted molar refractivity (Wildman–Crippen MR) is 60.0 cm³/mol. The van der Waals surface area contributed by atoms with E-state index in [-0.39, 0.29) is 0 Å². The highest BCUT2D eigenvalue weighted by Crippen LogP contribution is 2.24. The fraction of sp³-hybridized carbons (Fsp3) is 0.545. The van der Waals surface area contributed by atoms with E-state index in [1.807, 2.05) is 12.3 Å². The zero-order valence-corrected chi connectivity index (χ0v) is 9.22. The van der Waals surface area contributed by atoms with Crippen LogP contribution in [0, 0.1) is 6.92 Å². The molecule has 2 rings (SSSR count). The molecule has 0 aromatic carbocycles. The van der Waals surface area contributed by atoms with E-state index in [4.69, 9.17) is 11.6 Å². The number of hydrogen-bond donors (Lipinski definition) is 0. The maximum Gasteiger partial charge on any atom is 0.129 e. The standard InChI is InChI=1S/C11H15ClN2/c1-9-7-11(12)13-8-10(9)14-5-3-2-4-6-14/h7-8H,2-6H2,1H3. The Morgan fingerprint density at radius 2 is 2.00 bits per heavy atom. The number of aryl methyl sites for hydroxylation is 1. The average Bonchev–Trinajstić information content (AvgIpc) is 2.19. The van der Waals surface area contributed by atoms with Gasteiger partial charge >= 0.3 is 0 Å². The molecule has 0 saturated carbocycles. The Kier molecular flexibility index (Phi) is 2.92. The third-order valence-corrected chi connectivity index (χ3v) is 2.95. The van der Waals surface area contributed by atoms with Gasteiger partial charge in [-0.15, -0.1) is 0 Å². The molecule has 0 aliphatic carbocycles. The van der Waals surface area contributed by atoms with Crippen molar-refractivity contribution in [1.82, 2.24) is 4.98 Å². The summed E-state index contributed by atoms with van der Waals surface area (Å²) in [7, 11) is 0. The Bertz CT molecular complexity index is 319. The zero-order chi connectivity index (χ0) is 9.97. The molecule has 3 heteroatoms. The van der Waals surface area contributed by atoms with E-state index in [1.165, 1.54) is 30.5 Å². The van der Waals surface area contributed by atoms with Crippen LogP contribution in [0.15, 0.2) is 12.3 Å². The van der Waals surface area contributed by atoms with E-state index in [0.717, 1.165) is 13.1 Å². The Labute approximate surface area is 89.9 Å². The molecule has 0 amide bonds.